The molecule has 0 aromatic rings. The van der Waals surface area contributed by atoms with E-state index in [-0.39, 0.29) is 6.10 Å². The maximum atomic E-state index is 10.2. The third kappa shape index (κ3) is 3.66. The van der Waals surface area contributed by atoms with Gasteiger partial charge in [0.05, 0.1) is 6.10 Å². The largest absolute Gasteiger partial charge is 0.393 e. The summed E-state index contributed by atoms with van der Waals surface area (Å²) in [7, 11) is 0. The molecule has 9 atom stereocenters. The van der Waals surface area contributed by atoms with E-state index in [1.807, 2.05) is 0 Å². The molecule has 0 saturated heterocycles. The summed E-state index contributed by atoms with van der Waals surface area (Å²) >= 11 is 0. The zero-order chi connectivity index (χ0) is 21.7. The molecule has 3 saturated carbocycles. The Balaban J connectivity index is 1.52. The molecule has 0 heterocycles. The summed E-state index contributed by atoms with van der Waals surface area (Å²) in [6.45, 7) is 14.8. The van der Waals surface area contributed by atoms with Crippen LogP contribution in [0.4, 0.5) is 0 Å². The zero-order valence-corrected chi connectivity index (χ0v) is 20.7. The quantitative estimate of drug-likeness (QED) is 0.457. The van der Waals surface area contributed by atoms with E-state index in [4.69, 9.17) is 0 Å². The number of hydrogen-bond donors (Lipinski definition) is 1. The maximum Gasteiger partial charge on any atom is 0.0577 e. The highest BCUT2D eigenvalue weighted by molar-refractivity contribution is 5.25. The number of aliphatic hydroxyl groups is 1. The van der Waals surface area contributed by atoms with Crippen LogP contribution in [0.15, 0.2) is 23.8 Å². The molecule has 4 aliphatic rings. The molecule has 1 heteroatoms. The Morgan fingerprint density at radius 2 is 1.80 bits per heavy atom. The summed E-state index contributed by atoms with van der Waals surface area (Å²) in [6.07, 6.45) is 19.1. The topological polar surface area (TPSA) is 20.2 Å². The van der Waals surface area contributed by atoms with Gasteiger partial charge in [0.1, 0.15) is 0 Å². The van der Waals surface area contributed by atoms with Crippen molar-refractivity contribution in [3.63, 3.8) is 0 Å². The van der Waals surface area contributed by atoms with E-state index in [0.29, 0.717) is 16.7 Å². The van der Waals surface area contributed by atoms with Gasteiger partial charge in [0.2, 0.25) is 0 Å². The van der Waals surface area contributed by atoms with Crippen LogP contribution >= 0.6 is 0 Å². The van der Waals surface area contributed by atoms with E-state index in [1.54, 1.807) is 5.57 Å². The van der Waals surface area contributed by atoms with Crippen molar-refractivity contribution in [1.82, 2.24) is 0 Å². The van der Waals surface area contributed by atoms with E-state index in [9.17, 15) is 5.11 Å². The lowest BCUT2D eigenvalue weighted by Gasteiger charge is -2.58. The predicted molar refractivity (Wildman–Crippen MR) is 128 cm³/mol. The predicted octanol–water partition coefficient (Wildman–Crippen LogP) is 7.80. The van der Waals surface area contributed by atoms with Crippen molar-refractivity contribution in [1.29, 1.82) is 0 Å². The van der Waals surface area contributed by atoms with Gasteiger partial charge in [-0.3, -0.25) is 0 Å². The van der Waals surface area contributed by atoms with Gasteiger partial charge in [-0.05, 0) is 110 Å². The van der Waals surface area contributed by atoms with E-state index in [0.717, 1.165) is 48.3 Å². The molecular formula is C29H48O. The lowest BCUT2D eigenvalue weighted by Crippen LogP contribution is -2.50. The second-order valence-corrected chi connectivity index (χ2v) is 12.4. The summed E-state index contributed by atoms with van der Waals surface area (Å²) in [5, 5.41) is 10.2. The van der Waals surface area contributed by atoms with Gasteiger partial charge in [-0.15, -0.1) is 0 Å². The van der Waals surface area contributed by atoms with Crippen LogP contribution in [0.25, 0.3) is 0 Å². The van der Waals surface area contributed by atoms with Gasteiger partial charge in [0, 0.05) is 0 Å². The number of fused-ring (bicyclic) bond motifs is 5. The summed E-state index contributed by atoms with van der Waals surface area (Å²) < 4.78 is 0. The zero-order valence-electron chi connectivity index (χ0n) is 20.7. The molecule has 1 nitrogen and oxygen atoms in total. The van der Waals surface area contributed by atoms with Gasteiger partial charge in [0.25, 0.3) is 0 Å². The third-order valence-electron chi connectivity index (χ3n) is 10.8. The Labute approximate surface area is 186 Å². The van der Waals surface area contributed by atoms with E-state index >= 15 is 0 Å². The van der Waals surface area contributed by atoms with Crippen LogP contribution in [0.3, 0.4) is 0 Å². The highest BCUT2D eigenvalue weighted by atomic mass is 16.3. The fourth-order valence-electron chi connectivity index (χ4n) is 8.83. The van der Waals surface area contributed by atoms with E-state index < -0.39 is 0 Å². The standard InChI is InChI=1S/C29H48O/c1-7-21(19(2)3)9-8-20(4)25-12-13-26-24-11-10-22-18-23(30)14-16-28(22,5)27(24)15-17-29(25,26)6/h8-10,19-21,23-27,30H,7,11-18H2,1-6H3/b9-8-/t20-,21+,23-,24+,25+,26+,27+,28-,29+/m0/s1. The minimum atomic E-state index is -0.0870. The Kier molecular flexibility index (Phi) is 6.35. The first-order valence-electron chi connectivity index (χ1n) is 13.3. The number of allylic oxidation sites excluding steroid dienone is 3. The molecule has 4 rings (SSSR count). The van der Waals surface area contributed by atoms with Crippen molar-refractivity contribution in [2.75, 3.05) is 0 Å². The molecular weight excluding hydrogens is 364 g/mol. The molecule has 0 aliphatic heterocycles. The van der Waals surface area contributed by atoms with Gasteiger partial charge in [0.15, 0.2) is 0 Å². The van der Waals surface area contributed by atoms with Crippen molar-refractivity contribution in [2.45, 2.75) is 105 Å². The van der Waals surface area contributed by atoms with Gasteiger partial charge in [-0.2, -0.15) is 0 Å². The van der Waals surface area contributed by atoms with Gasteiger partial charge in [-0.25, -0.2) is 0 Å². The molecule has 0 radical (unpaired) electrons. The van der Waals surface area contributed by atoms with Crippen LogP contribution in [0.2, 0.25) is 0 Å². The SMILES string of the molecule is CC[C@H](/C=C\[C@H](C)[C@H]1CC[C@@H]2[C@H]3CC=C4C[C@@H](O)CC[C@]4(C)[C@@H]3CC[C@@]21C)C(C)C. The molecule has 0 spiro atoms. The van der Waals surface area contributed by atoms with Crippen molar-refractivity contribution in [3.8, 4) is 0 Å². The van der Waals surface area contributed by atoms with Gasteiger partial charge < -0.3 is 5.11 Å². The molecule has 0 aromatic heterocycles. The summed E-state index contributed by atoms with van der Waals surface area (Å²) in [5.74, 6) is 5.70. The molecule has 170 valence electrons. The summed E-state index contributed by atoms with van der Waals surface area (Å²) in [6, 6.07) is 0. The van der Waals surface area contributed by atoms with Crippen molar-refractivity contribution < 1.29 is 5.11 Å². The monoisotopic (exact) mass is 412 g/mol. The second kappa shape index (κ2) is 8.42. The van der Waals surface area contributed by atoms with Crippen LogP contribution in [0.5, 0.6) is 0 Å². The molecule has 3 fully saturated rings. The highest BCUT2D eigenvalue weighted by Crippen LogP contribution is 2.67. The van der Waals surface area contributed by atoms with Crippen molar-refractivity contribution in [2.24, 2.45) is 52.3 Å². The maximum absolute atomic E-state index is 10.2. The van der Waals surface area contributed by atoms with Crippen LogP contribution < -0.4 is 0 Å². The van der Waals surface area contributed by atoms with Gasteiger partial charge in [-0.1, -0.05) is 65.3 Å². The summed E-state index contributed by atoms with van der Waals surface area (Å²) in [5.41, 5.74) is 2.51. The number of hydrogen-bond acceptors (Lipinski definition) is 1. The molecule has 1 N–H and O–H groups in total. The normalized spacial score (nSPS) is 45.6. The lowest BCUT2D eigenvalue weighted by atomic mass is 9.47. The Bertz CT molecular complexity index is 674. The Hall–Kier alpha value is -0.560. The molecule has 0 aromatic carbocycles. The van der Waals surface area contributed by atoms with Crippen molar-refractivity contribution in [3.05, 3.63) is 23.8 Å². The van der Waals surface area contributed by atoms with E-state index in [1.165, 1.54) is 44.9 Å². The summed E-state index contributed by atoms with van der Waals surface area (Å²) in [4.78, 5) is 0. The van der Waals surface area contributed by atoms with Gasteiger partial charge >= 0.3 is 0 Å². The average Bonchev–Trinajstić information content (AvgIpc) is 3.06. The molecule has 0 amide bonds. The molecule has 0 bridgehead atoms. The minimum absolute atomic E-state index is 0.0870. The second-order valence-electron chi connectivity index (χ2n) is 12.4. The minimum Gasteiger partial charge on any atom is -0.393 e. The van der Waals surface area contributed by atoms with E-state index in [2.05, 4.69) is 59.8 Å². The van der Waals surface area contributed by atoms with Crippen LogP contribution in [0.1, 0.15) is 99.3 Å². The smallest absolute Gasteiger partial charge is 0.0577 e. The molecule has 4 aliphatic carbocycles. The fourth-order valence-corrected chi connectivity index (χ4v) is 8.83. The Morgan fingerprint density at radius 3 is 2.50 bits per heavy atom. The van der Waals surface area contributed by atoms with Crippen molar-refractivity contribution >= 4 is 0 Å². The van der Waals surface area contributed by atoms with Crippen LogP contribution in [-0.4, -0.2) is 11.2 Å². The first-order valence-corrected chi connectivity index (χ1v) is 13.3. The number of aliphatic hydroxyl groups excluding tert-OH is 1. The fraction of sp³-hybridized carbons (Fsp3) is 0.862. The third-order valence-corrected chi connectivity index (χ3v) is 10.8. The molecule has 30 heavy (non-hydrogen) atoms. The first-order chi connectivity index (χ1) is 14.2. The van der Waals surface area contributed by atoms with Crippen LogP contribution in [0, 0.1) is 52.3 Å². The Morgan fingerprint density at radius 1 is 1.03 bits per heavy atom. The average molecular weight is 413 g/mol. The molecule has 0 unspecified atom stereocenters. The first kappa shape index (κ1) is 22.6. The lowest BCUT2D eigenvalue weighted by molar-refractivity contribution is -0.0540. The number of rotatable bonds is 5. The highest BCUT2D eigenvalue weighted by Gasteiger charge is 2.58. The van der Waals surface area contributed by atoms with Crippen LogP contribution in [-0.2, 0) is 0 Å².